The molecule has 0 N–H and O–H groups in total. The van der Waals surface area contributed by atoms with Crippen molar-refractivity contribution in [2.24, 2.45) is 0 Å². The lowest BCUT2D eigenvalue weighted by molar-refractivity contribution is 0.151. The monoisotopic (exact) mass is 327 g/mol. The largest absolute Gasteiger partial charge is 0.328 e. The minimum Gasteiger partial charge on any atom is -0.328 e. The number of nitrogens with zero attached hydrogens (tertiary/aromatic N) is 5. The van der Waals surface area contributed by atoms with Crippen LogP contribution in [0.4, 0.5) is 0 Å². The molecule has 1 aliphatic heterocycles. The van der Waals surface area contributed by atoms with Gasteiger partial charge in [0, 0.05) is 44.1 Å². The van der Waals surface area contributed by atoms with Crippen LogP contribution in [0.5, 0.6) is 0 Å². The molecule has 0 amide bonds. The Morgan fingerprint density at radius 3 is 2.79 bits per heavy atom. The van der Waals surface area contributed by atoms with Gasteiger partial charge in [0.15, 0.2) is 0 Å². The number of hydrogen-bond donors (Lipinski definition) is 0. The predicted molar refractivity (Wildman–Crippen MR) is 96.6 cm³/mol. The third-order valence-electron chi connectivity index (χ3n) is 5.11. The van der Waals surface area contributed by atoms with Crippen LogP contribution < -0.4 is 0 Å². The van der Waals surface area contributed by atoms with Gasteiger partial charge in [0.25, 0.3) is 0 Å². The molecule has 1 aliphatic rings. The first-order valence-corrected chi connectivity index (χ1v) is 8.87. The lowest BCUT2D eigenvalue weighted by Crippen LogP contribution is -2.38. The molecule has 2 aromatic rings. The zero-order chi connectivity index (χ0) is 17.3. The molecular formula is C19H29N5. The SMILES string of the molecule is Cc1cccc(CN2CCn3c(CN(C)C(C)C)cnc3C2C)n1. The average Bonchev–Trinajstić information content (AvgIpc) is 2.94. The Morgan fingerprint density at radius 1 is 1.29 bits per heavy atom. The highest BCUT2D eigenvalue weighted by molar-refractivity contribution is 5.14. The molecule has 0 spiro atoms. The molecule has 24 heavy (non-hydrogen) atoms. The van der Waals surface area contributed by atoms with E-state index in [9.17, 15) is 0 Å². The summed E-state index contributed by atoms with van der Waals surface area (Å²) in [6.07, 6.45) is 2.05. The van der Waals surface area contributed by atoms with Crippen molar-refractivity contribution in [2.75, 3.05) is 13.6 Å². The highest BCUT2D eigenvalue weighted by atomic mass is 15.3. The van der Waals surface area contributed by atoms with Gasteiger partial charge < -0.3 is 4.57 Å². The van der Waals surface area contributed by atoms with E-state index in [4.69, 9.17) is 4.98 Å². The molecule has 130 valence electrons. The lowest BCUT2D eigenvalue weighted by atomic mass is 10.2. The highest BCUT2D eigenvalue weighted by Gasteiger charge is 2.27. The lowest BCUT2D eigenvalue weighted by Gasteiger charge is -2.34. The van der Waals surface area contributed by atoms with Crippen LogP contribution in [-0.2, 0) is 19.6 Å². The quantitative estimate of drug-likeness (QED) is 0.846. The van der Waals surface area contributed by atoms with E-state index in [-0.39, 0.29) is 0 Å². The molecule has 0 radical (unpaired) electrons. The Hall–Kier alpha value is -1.72. The first-order valence-electron chi connectivity index (χ1n) is 8.87. The third kappa shape index (κ3) is 3.52. The molecular weight excluding hydrogens is 298 g/mol. The van der Waals surface area contributed by atoms with Gasteiger partial charge in [-0.25, -0.2) is 4.98 Å². The van der Waals surface area contributed by atoms with Crippen molar-refractivity contribution < 1.29 is 0 Å². The molecule has 0 saturated carbocycles. The maximum Gasteiger partial charge on any atom is 0.126 e. The van der Waals surface area contributed by atoms with E-state index >= 15 is 0 Å². The minimum absolute atomic E-state index is 0.319. The molecule has 5 nitrogen and oxygen atoms in total. The molecule has 5 heteroatoms. The minimum atomic E-state index is 0.319. The van der Waals surface area contributed by atoms with Crippen LogP contribution in [-0.4, -0.2) is 44.0 Å². The summed E-state index contributed by atoms with van der Waals surface area (Å²) in [5, 5.41) is 0. The Bertz CT molecular complexity index is 691. The summed E-state index contributed by atoms with van der Waals surface area (Å²) < 4.78 is 2.41. The zero-order valence-electron chi connectivity index (χ0n) is 15.5. The van der Waals surface area contributed by atoms with Gasteiger partial charge in [-0.3, -0.25) is 14.8 Å². The number of fused-ring (bicyclic) bond motifs is 1. The van der Waals surface area contributed by atoms with Crippen LogP contribution in [0.3, 0.4) is 0 Å². The number of hydrogen-bond acceptors (Lipinski definition) is 4. The van der Waals surface area contributed by atoms with E-state index in [0.717, 1.165) is 37.6 Å². The average molecular weight is 327 g/mol. The number of aromatic nitrogens is 3. The van der Waals surface area contributed by atoms with Crippen molar-refractivity contribution in [3.05, 3.63) is 47.3 Å². The Labute approximate surface area is 145 Å². The fraction of sp³-hybridized carbons (Fsp3) is 0.579. The summed E-state index contributed by atoms with van der Waals surface area (Å²) in [5.74, 6) is 1.18. The summed E-state index contributed by atoms with van der Waals surface area (Å²) in [4.78, 5) is 14.2. The predicted octanol–water partition coefficient (Wildman–Crippen LogP) is 3.00. The van der Waals surface area contributed by atoms with Gasteiger partial charge in [-0.1, -0.05) is 6.07 Å². The Morgan fingerprint density at radius 2 is 2.08 bits per heavy atom. The van der Waals surface area contributed by atoms with Crippen LogP contribution >= 0.6 is 0 Å². The number of pyridine rings is 1. The van der Waals surface area contributed by atoms with Gasteiger partial charge in [0.1, 0.15) is 5.82 Å². The van der Waals surface area contributed by atoms with Crippen molar-refractivity contribution >= 4 is 0 Å². The highest BCUT2D eigenvalue weighted by Crippen LogP contribution is 2.27. The van der Waals surface area contributed by atoms with Gasteiger partial charge in [-0.2, -0.15) is 0 Å². The second-order valence-corrected chi connectivity index (χ2v) is 7.18. The first-order chi connectivity index (χ1) is 11.5. The Kier molecular flexibility index (Phi) is 5.01. The van der Waals surface area contributed by atoms with Crippen molar-refractivity contribution in [2.45, 2.75) is 59.4 Å². The number of imidazole rings is 1. The van der Waals surface area contributed by atoms with Crippen LogP contribution in [0, 0.1) is 6.92 Å². The zero-order valence-corrected chi connectivity index (χ0v) is 15.5. The fourth-order valence-corrected chi connectivity index (χ4v) is 3.28. The standard InChI is InChI=1S/C19H29N5/c1-14(2)22(5)13-18-11-20-19-16(4)23(9-10-24(18)19)12-17-8-6-7-15(3)21-17/h6-8,11,14,16H,9-10,12-13H2,1-5H3. The summed E-state index contributed by atoms with van der Waals surface area (Å²) >= 11 is 0. The van der Waals surface area contributed by atoms with Crippen molar-refractivity contribution in [1.29, 1.82) is 0 Å². The number of rotatable bonds is 5. The first kappa shape index (κ1) is 17.1. The molecule has 1 atom stereocenters. The normalized spacial score (nSPS) is 18.4. The van der Waals surface area contributed by atoms with E-state index in [1.807, 2.05) is 13.0 Å². The topological polar surface area (TPSA) is 37.2 Å². The molecule has 0 aliphatic carbocycles. The molecule has 3 rings (SSSR count). The third-order valence-corrected chi connectivity index (χ3v) is 5.11. The molecule has 0 aromatic carbocycles. The van der Waals surface area contributed by atoms with E-state index in [0.29, 0.717) is 12.1 Å². The van der Waals surface area contributed by atoms with Gasteiger partial charge in [-0.15, -0.1) is 0 Å². The second-order valence-electron chi connectivity index (χ2n) is 7.18. The van der Waals surface area contributed by atoms with E-state index in [2.05, 4.69) is 65.5 Å². The van der Waals surface area contributed by atoms with Crippen LogP contribution in [0.15, 0.2) is 24.4 Å². The van der Waals surface area contributed by atoms with Gasteiger partial charge >= 0.3 is 0 Å². The molecule has 2 aromatic heterocycles. The summed E-state index contributed by atoms with van der Waals surface area (Å²) in [7, 11) is 2.17. The molecule has 0 fully saturated rings. The van der Waals surface area contributed by atoms with E-state index < -0.39 is 0 Å². The van der Waals surface area contributed by atoms with Crippen LogP contribution in [0.1, 0.15) is 49.7 Å². The van der Waals surface area contributed by atoms with Crippen LogP contribution in [0.25, 0.3) is 0 Å². The smallest absolute Gasteiger partial charge is 0.126 e. The van der Waals surface area contributed by atoms with Gasteiger partial charge in [-0.05, 0) is 46.9 Å². The number of aryl methyl sites for hydroxylation is 1. The molecule has 0 saturated heterocycles. The molecule has 0 bridgehead atoms. The maximum absolute atomic E-state index is 4.73. The van der Waals surface area contributed by atoms with Gasteiger partial charge in [0.05, 0.1) is 17.4 Å². The Balaban J connectivity index is 1.74. The van der Waals surface area contributed by atoms with Crippen LogP contribution in [0.2, 0.25) is 0 Å². The van der Waals surface area contributed by atoms with Crippen molar-refractivity contribution in [1.82, 2.24) is 24.3 Å². The maximum atomic E-state index is 4.73. The summed E-state index contributed by atoms with van der Waals surface area (Å²) in [5.41, 5.74) is 3.54. The van der Waals surface area contributed by atoms with Crippen molar-refractivity contribution in [3.8, 4) is 0 Å². The van der Waals surface area contributed by atoms with E-state index in [1.165, 1.54) is 11.5 Å². The summed E-state index contributed by atoms with van der Waals surface area (Å²) in [6, 6.07) is 7.12. The second kappa shape index (κ2) is 7.03. The fourth-order valence-electron chi connectivity index (χ4n) is 3.28. The molecule has 1 unspecified atom stereocenters. The van der Waals surface area contributed by atoms with Crippen molar-refractivity contribution in [3.63, 3.8) is 0 Å². The van der Waals surface area contributed by atoms with Gasteiger partial charge in [0.2, 0.25) is 0 Å². The molecule has 3 heterocycles. The summed E-state index contributed by atoms with van der Waals surface area (Å²) in [6.45, 7) is 12.6. The van der Waals surface area contributed by atoms with E-state index in [1.54, 1.807) is 0 Å².